The number of carbonyl (C=O) groups is 1. The van der Waals surface area contributed by atoms with Gasteiger partial charge in [-0.05, 0) is 63.3 Å². The summed E-state index contributed by atoms with van der Waals surface area (Å²) in [7, 11) is 0. The summed E-state index contributed by atoms with van der Waals surface area (Å²) in [6.07, 6.45) is 3.34. The van der Waals surface area contributed by atoms with E-state index in [0.29, 0.717) is 42.0 Å². The van der Waals surface area contributed by atoms with Crippen LogP contribution in [0.2, 0.25) is 0 Å². The highest BCUT2D eigenvalue weighted by Gasteiger charge is 2.31. The van der Waals surface area contributed by atoms with Gasteiger partial charge in [-0.3, -0.25) is 0 Å². The summed E-state index contributed by atoms with van der Waals surface area (Å²) in [5.41, 5.74) is 9.59. The second-order valence-electron chi connectivity index (χ2n) is 9.76. The molecule has 2 aromatic heterocycles. The first-order valence-electron chi connectivity index (χ1n) is 11.7. The average molecular weight is 470 g/mol. The molecule has 1 saturated heterocycles. The van der Waals surface area contributed by atoms with Crippen molar-refractivity contribution in [2.75, 3.05) is 18.8 Å². The fraction of sp³-hybridized carbons (Fsp3) is 0.480. The minimum Gasteiger partial charge on any atom is -0.444 e. The Kier molecular flexibility index (Phi) is 6.49. The second kappa shape index (κ2) is 9.21. The number of ether oxygens (including phenoxy) is 1. The second-order valence-corrected chi connectivity index (χ2v) is 9.76. The number of carbonyl (C=O) groups excluding carboxylic acids is 1. The molecule has 3 aromatic rings. The molecule has 34 heavy (non-hydrogen) atoms. The SMILES string of the molecule is CCc1cc(-c2cc(C3CCCN(C(=O)OC(C)(C)C)C3)n3ncnc(N)c23)cc(F)c1CO. The van der Waals surface area contributed by atoms with E-state index >= 15 is 0 Å². The van der Waals surface area contributed by atoms with Crippen LogP contribution in [0.5, 0.6) is 0 Å². The zero-order valence-electron chi connectivity index (χ0n) is 20.1. The van der Waals surface area contributed by atoms with Crippen LogP contribution in [0, 0.1) is 5.82 Å². The quantitative estimate of drug-likeness (QED) is 0.591. The maximum atomic E-state index is 14.8. The Morgan fingerprint density at radius 3 is 2.76 bits per heavy atom. The van der Waals surface area contributed by atoms with Gasteiger partial charge in [-0.15, -0.1) is 0 Å². The first kappa shape index (κ1) is 23.9. The molecule has 1 amide bonds. The molecule has 0 bridgehead atoms. The molecule has 182 valence electrons. The number of halogens is 1. The number of likely N-dealkylation sites (tertiary alicyclic amines) is 1. The molecular formula is C25H32FN5O3. The molecule has 1 atom stereocenters. The van der Waals surface area contributed by atoms with Crippen molar-refractivity contribution in [1.82, 2.24) is 19.5 Å². The van der Waals surface area contributed by atoms with Crippen molar-refractivity contribution in [1.29, 1.82) is 0 Å². The van der Waals surface area contributed by atoms with Gasteiger partial charge in [-0.2, -0.15) is 5.10 Å². The topological polar surface area (TPSA) is 106 Å². The van der Waals surface area contributed by atoms with E-state index < -0.39 is 11.4 Å². The highest BCUT2D eigenvalue weighted by molar-refractivity contribution is 5.88. The minimum atomic E-state index is -0.567. The lowest BCUT2D eigenvalue weighted by molar-refractivity contribution is 0.0196. The number of hydrogen-bond acceptors (Lipinski definition) is 6. The van der Waals surface area contributed by atoms with Gasteiger partial charge in [0.05, 0.1) is 6.61 Å². The standard InChI is InChI=1S/C25H32FN5O3/c1-5-15-9-17(10-20(26)19(15)13-32)18-11-21(31-22(18)23(27)28-14-29-31)16-7-6-8-30(12-16)24(33)34-25(2,3)4/h9-11,14,16,32H,5-8,12-13H2,1-4H3,(H2,27,28,29). The third-order valence-electron chi connectivity index (χ3n) is 6.24. The van der Waals surface area contributed by atoms with Gasteiger partial charge in [0.25, 0.3) is 0 Å². The van der Waals surface area contributed by atoms with Gasteiger partial charge in [0.2, 0.25) is 0 Å². The van der Waals surface area contributed by atoms with Crippen LogP contribution >= 0.6 is 0 Å². The van der Waals surface area contributed by atoms with Gasteiger partial charge < -0.3 is 20.5 Å². The van der Waals surface area contributed by atoms with E-state index in [1.54, 1.807) is 9.42 Å². The summed E-state index contributed by atoms with van der Waals surface area (Å²) in [6.45, 7) is 8.24. The number of nitrogens with zero attached hydrogens (tertiary/aromatic N) is 4. The molecule has 1 unspecified atom stereocenters. The number of anilines is 1. The number of nitrogen functional groups attached to an aromatic ring is 1. The molecule has 0 radical (unpaired) electrons. The van der Waals surface area contributed by atoms with Crippen LogP contribution in [0.3, 0.4) is 0 Å². The molecule has 1 aromatic carbocycles. The number of aliphatic hydroxyl groups excluding tert-OH is 1. The summed E-state index contributed by atoms with van der Waals surface area (Å²) in [5, 5.41) is 14.0. The van der Waals surface area contributed by atoms with Crippen molar-refractivity contribution in [2.45, 2.75) is 65.1 Å². The predicted molar refractivity (Wildman–Crippen MR) is 128 cm³/mol. The van der Waals surface area contributed by atoms with Crippen LogP contribution < -0.4 is 5.73 Å². The Morgan fingerprint density at radius 1 is 1.32 bits per heavy atom. The Hall–Kier alpha value is -3.20. The van der Waals surface area contributed by atoms with Crippen molar-refractivity contribution in [2.24, 2.45) is 0 Å². The minimum absolute atomic E-state index is 0.00373. The van der Waals surface area contributed by atoms with E-state index in [1.165, 1.54) is 12.4 Å². The van der Waals surface area contributed by atoms with Crippen molar-refractivity contribution in [3.8, 4) is 11.1 Å². The zero-order chi connectivity index (χ0) is 24.6. The van der Waals surface area contributed by atoms with E-state index in [0.717, 1.165) is 29.7 Å². The molecule has 3 heterocycles. The smallest absolute Gasteiger partial charge is 0.410 e. The molecule has 3 N–H and O–H groups in total. The summed E-state index contributed by atoms with van der Waals surface area (Å²) in [6, 6.07) is 5.27. The monoisotopic (exact) mass is 469 g/mol. The number of aromatic nitrogens is 3. The fourth-order valence-corrected chi connectivity index (χ4v) is 4.66. The van der Waals surface area contributed by atoms with Gasteiger partial charge in [0.1, 0.15) is 23.3 Å². The summed E-state index contributed by atoms with van der Waals surface area (Å²) in [5.74, 6) is -0.160. The Balaban J connectivity index is 1.77. The van der Waals surface area contributed by atoms with Gasteiger partial charge in [-0.25, -0.2) is 18.7 Å². The van der Waals surface area contributed by atoms with Gasteiger partial charge in [0, 0.05) is 35.8 Å². The van der Waals surface area contributed by atoms with E-state index in [1.807, 2.05) is 39.8 Å². The van der Waals surface area contributed by atoms with Gasteiger partial charge >= 0.3 is 6.09 Å². The van der Waals surface area contributed by atoms with Crippen LogP contribution in [0.15, 0.2) is 24.5 Å². The number of aliphatic hydroxyl groups is 1. The first-order chi connectivity index (χ1) is 16.1. The normalized spacial score (nSPS) is 16.8. The summed E-state index contributed by atoms with van der Waals surface area (Å²) in [4.78, 5) is 18.6. The molecule has 0 aliphatic carbocycles. The van der Waals surface area contributed by atoms with Crippen molar-refractivity contribution >= 4 is 17.4 Å². The molecule has 1 fully saturated rings. The third kappa shape index (κ3) is 4.57. The third-order valence-corrected chi connectivity index (χ3v) is 6.24. The van der Waals surface area contributed by atoms with Crippen molar-refractivity contribution in [3.63, 3.8) is 0 Å². The maximum Gasteiger partial charge on any atom is 0.410 e. The van der Waals surface area contributed by atoms with E-state index in [9.17, 15) is 14.3 Å². The van der Waals surface area contributed by atoms with Gasteiger partial charge in [0.15, 0.2) is 5.82 Å². The van der Waals surface area contributed by atoms with Gasteiger partial charge in [-0.1, -0.05) is 13.0 Å². The number of aryl methyl sites for hydroxylation is 1. The largest absolute Gasteiger partial charge is 0.444 e. The van der Waals surface area contributed by atoms with Crippen LogP contribution in [0.1, 0.15) is 63.3 Å². The predicted octanol–water partition coefficient (Wildman–Crippen LogP) is 4.29. The number of benzene rings is 1. The molecule has 0 saturated carbocycles. The molecule has 1 aliphatic rings. The van der Waals surface area contributed by atoms with E-state index in [-0.39, 0.29) is 18.6 Å². The average Bonchev–Trinajstić information content (AvgIpc) is 3.18. The molecule has 4 rings (SSSR count). The first-order valence-corrected chi connectivity index (χ1v) is 11.7. The van der Waals surface area contributed by atoms with Crippen LogP contribution in [0.25, 0.3) is 16.6 Å². The molecule has 9 heteroatoms. The van der Waals surface area contributed by atoms with Crippen LogP contribution in [-0.2, 0) is 17.8 Å². The highest BCUT2D eigenvalue weighted by atomic mass is 19.1. The molecule has 1 aliphatic heterocycles. The number of piperidine rings is 1. The molecular weight excluding hydrogens is 437 g/mol. The fourth-order valence-electron chi connectivity index (χ4n) is 4.66. The highest BCUT2D eigenvalue weighted by Crippen LogP contribution is 2.37. The Labute approximate surface area is 198 Å². The van der Waals surface area contributed by atoms with E-state index in [2.05, 4.69) is 10.1 Å². The Bertz CT molecular complexity index is 1220. The van der Waals surface area contributed by atoms with Crippen LogP contribution in [-0.4, -0.2) is 49.4 Å². The summed E-state index contributed by atoms with van der Waals surface area (Å²) >= 11 is 0. The van der Waals surface area contributed by atoms with Crippen molar-refractivity contribution in [3.05, 3.63) is 47.2 Å². The number of amides is 1. The zero-order valence-corrected chi connectivity index (χ0v) is 20.1. The number of fused-ring (bicyclic) bond motifs is 1. The van der Waals surface area contributed by atoms with Crippen LogP contribution in [0.4, 0.5) is 15.0 Å². The summed E-state index contributed by atoms with van der Waals surface area (Å²) < 4.78 is 22.2. The lowest BCUT2D eigenvalue weighted by Gasteiger charge is -2.34. The maximum absolute atomic E-state index is 14.8. The Morgan fingerprint density at radius 2 is 2.09 bits per heavy atom. The molecule has 8 nitrogen and oxygen atoms in total. The lowest BCUT2D eigenvalue weighted by atomic mass is 9.93. The molecule has 0 spiro atoms. The van der Waals surface area contributed by atoms with Crippen molar-refractivity contribution < 1.29 is 19.0 Å². The lowest BCUT2D eigenvalue weighted by Crippen LogP contribution is -2.42. The van der Waals surface area contributed by atoms with E-state index in [4.69, 9.17) is 10.5 Å². The number of rotatable bonds is 4. The number of hydrogen-bond donors (Lipinski definition) is 2. The number of nitrogens with two attached hydrogens (primary N) is 1.